The summed E-state index contributed by atoms with van der Waals surface area (Å²) in [5, 5.41) is 22.8. The van der Waals surface area contributed by atoms with Gasteiger partial charge >= 0.3 is 0 Å². The van der Waals surface area contributed by atoms with Crippen LogP contribution in [0.1, 0.15) is 43.4 Å². The molecule has 0 amide bonds. The van der Waals surface area contributed by atoms with Crippen LogP contribution in [0.3, 0.4) is 0 Å². The van der Waals surface area contributed by atoms with Crippen molar-refractivity contribution in [3.05, 3.63) is 29.3 Å². The van der Waals surface area contributed by atoms with Gasteiger partial charge in [-0.15, -0.1) is 0 Å². The molecule has 0 bridgehead atoms. The normalized spacial score (nSPS) is 18.6. The number of nitriles is 1. The Bertz CT molecular complexity index is 487. The van der Waals surface area contributed by atoms with Crippen LogP contribution in [0.5, 0.6) is 5.75 Å². The molecule has 0 spiro atoms. The van der Waals surface area contributed by atoms with E-state index in [0.717, 1.165) is 37.9 Å². The molecule has 0 aliphatic carbocycles. The van der Waals surface area contributed by atoms with E-state index >= 15 is 0 Å². The number of aromatic hydroxyl groups is 1. The van der Waals surface area contributed by atoms with Gasteiger partial charge in [-0.3, -0.25) is 0 Å². The Hall–Kier alpha value is -1.57. The lowest BCUT2D eigenvalue weighted by atomic mass is 9.97. The summed E-state index contributed by atoms with van der Waals surface area (Å²) in [6.45, 7) is 4.32. The second-order valence-electron chi connectivity index (χ2n) is 5.56. The highest BCUT2D eigenvalue weighted by Crippen LogP contribution is 2.30. The zero-order valence-corrected chi connectivity index (χ0v) is 12.3. The minimum atomic E-state index is 0.108. The predicted octanol–water partition coefficient (Wildman–Crippen LogP) is 2.40. The summed E-state index contributed by atoms with van der Waals surface area (Å²) in [5.41, 5.74) is 1.19. The molecule has 108 valence electrons. The lowest BCUT2D eigenvalue weighted by Gasteiger charge is -2.32. The highest BCUT2D eigenvalue weighted by Gasteiger charge is 2.22. The molecule has 1 unspecified atom stereocenters. The van der Waals surface area contributed by atoms with E-state index in [1.165, 1.54) is 0 Å². The molecule has 1 aromatic carbocycles. The van der Waals surface area contributed by atoms with E-state index in [-0.39, 0.29) is 11.8 Å². The first-order valence-corrected chi connectivity index (χ1v) is 7.32. The number of likely N-dealkylation sites (tertiary alicyclic amines) is 1. The van der Waals surface area contributed by atoms with Crippen LogP contribution in [0.15, 0.2) is 18.2 Å². The maximum absolute atomic E-state index is 10.2. The minimum absolute atomic E-state index is 0.108. The van der Waals surface area contributed by atoms with Gasteiger partial charge in [-0.2, -0.15) is 5.26 Å². The van der Waals surface area contributed by atoms with Crippen LogP contribution >= 0.6 is 0 Å². The molecule has 1 saturated heterocycles. The highest BCUT2D eigenvalue weighted by atomic mass is 16.3. The van der Waals surface area contributed by atoms with Crippen LogP contribution < -0.4 is 5.32 Å². The number of nitrogens with one attached hydrogen (secondary N) is 1. The number of phenolic OH excluding ortho intramolecular Hbond substituents is 1. The summed E-state index contributed by atoms with van der Waals surface area (Å²) in [6, 6.07) is 8.04. The third kappa shape index (κ3) is 3.30. The lowest BCUT2D eigenvalue weighted by molar-refractivity contribution is 0.222. The fourth-order valence-electron chi connectivity index (χ4n) is 2.82. The molecule has 20 heavy (non-hydrogen) atoms. The predicted molar refractivity (Wildman–Crippen MR) is 79.5 cm³/mol. The Kier molecular flexibility index (Phi) is 4.99. The largest absolute Gasteiger partial charge is 0.506 e. The quantitative estimate of drug-likeness (QED) is 0.884. The van der Waals surface area contributed by atoms with Gasteiger partial charge in [0.05, 0.1) is 5.56 Å². The van der Waals surface area contributed by atoms with Crippen molar-refractivity contribution in [2.75, 3.05) is 20.1 Å². The monoisotopic (exact) mass is 273 g/mol. The number of nitrogens with zero attached hydrogens (tertiary/aromatic N) is 2. The lowest BCUT2D eigenvalue weighted by Crippen LogP contribution is -2.42. The van der Waals surface area contributed by atoms with Crippen LogP contribution in [0.4, 0.5) is 0 Å². The zero-order chi connectivity index (χ0) is 14.5. The van der Waals surface area contributed by atoms with Gasteiger partial charge in [0.2, 0.25) is 0 Å². The first kappa shape index (κ1) is 14.8. The second-order valence-corrected chi connectivity index (χ2v) is 5.56. The van der Waals surface area contributed by atoms with Crippen molar-refractivity contribution in [3.63, 3.8) is 0 Å². The van der Waals surface area contributed by atoms with Gasteiger partial charge in [0.15, 0.2) is 0 Å². The number of phenols is 1. The summed E-state index contributed by atoms with van der Waals surface area (Å²) in [7, 11) is 2.15. The molecule has 4 heteroatoms. The Morgan fingerprint density at radius 2 is 2.15 bits per heavy atom. The van der Waals surface area contributed by atoms with Gasteiger partial charge in [0.1, 0.15) is 11.8 Å². The Balaban J connectivity index is 2.11. The van der Waals surface area contributed by atoms with Crippen LogP contribution in [-0.2, 0) is 0 Å². The summed E-state index contributed by atoms with van der Waals surface area (Å²) < 4.78 is 0. The van der Waals surface area contributed by atoms with Crippen molar-refractivity contribution < 1.29 is 5.11 Å². The standard InChI is InChI=1S/C16H23N3O/c1-3-15(18-13-7-9-19(2)10-8-13)14-6-4-5-12(11-17)16(14)20/h4-6,13,15,18,20H,3,7-10H2,1-2H3. The Morgan fingerprint density at radius 1 is 1.45 bits per heavy atom. The van der Waals surface area contributed by atoms with E-state index in [4.69, 9.17) is 5.26 Å². The van der Waals surface area contributed by atoms with Crippen molar-refractivity contribution in [2.45, 2.75) is 38.3 Å². The fourth-order valence-corrected chi connectivity index (χ4v) is 2.82. The maximum Gasteiger partial charge on any atom is 0.138 e. The van der Waals surface area contributed by atoms with Crippen LogP contribution in [0.2, 0.25) is 0 Å². The smallest absolute Gasteiger partial charge is 0.138 e. The van der Waals surface area contributed by atoms with Gasteiger partial charge in [-0.1, -0.05) is 19.1 Å². The van der Waals surface area contributed by atoms with E-state index in [9.17, 15) is 5.11 Å². The SMILES string of the molecule is CCC(NC1CCN(C)CC1)c1cccc(C#N)c1O. The van der Waals surface area contributed by atoms with Crippen molar-refractivity contribution in [2.24, 2.45) is 0 Å². The molecule has 0 aromatic heterocycles. The molecule has 1 atom stereocenters. The van der Waals surface area contributed by atoms with Crippen molar-refractivity contribution in [3.8, 4) is 11.8 Å². The first-order chi connectivity index (χ1) is 9.65. The number of rotatable bonds is 4. The van der Waals surface area contributed by atoms with E-state index in [0.29, 0.717) is 11.6 Å². The Morgan fingerprint density at radius 3 is 2.75 bits per heavy atom. The van der Waals surface area contributed by atoms with Crippen molar-refractivity contribution in [1.82, 2.24) is 10.2 Å². The number of para-hydroxylation sites is 1. The van der Waals surface area contributed by atoms with Crippen molar-refractivity contribution in [1.29, 1.82) is 5.26 Å². The fraction of sp³-hybridized carbons (Fsp3) is 0.562. The first-order valence-electron chi connectivity index (χ1n) is 7.32. The minimum Gasteiger partial charge on any atom is -0.506 e. The van der Waals surface area contributed by atoms with Gasteiger partial charge in [0, 0.05) is 17.6 Å². The summed E-state index contributed by atoms with van der Waals surface area (Å²) in [4.78, 5) is 2.34. The summed E-state index contributed by atoms with van der Waals surface area (Å²) >= 11 is 0. The third-order valence-electron chi connectivity index (χ3n) is 4.13. The second kappa shape index (κ2) is 6.74. The number of hydrogen-bond acceptors (Lipinski definition) is 4. The molecule has 1 heterocycles. The molecular formula is C16H23N3O. The number of benzene rings is 1. The van der Waals surface area contributed by atoms with Gasteiger partial charge in [-0.05, 0) is 45.5 Å². The van der Waals surface area contributed by atoms with Crippen LogP contribution in [0.25, 0.3) is 0 Å². The molecule has 2 rings (SSSR count). The topological polar surface area (TPSA) is 59.3 Å². The van der Waals surface area contributed by atoms with E-state index in [1.807, 2.05) is 18.2 Å². The van der Waals surface area contributed by atoms with E-state index in [2.05, 4.69) is 24.2 Å². The molecule has 1 aliphatic rings. The van der Waals surface area contributed by atoms with Crippen molar-refractivity contribution >= 4 is 0 Å². The highest BCUT2D eigenvalue weighted by molar-refractivity contribution is 5.48. The maximum atomic E-state index is 10.2. The molecule has 0 saturated carbocycles. The van der Waals surface area contributed by atoms with E-state index in [1.54, 1.807) is 6.07 Å². The summed E-state index contributed by atoms with van der Waals surface area (Å²) in [6.07, 6.45) is 3.16. The van der Waals surface area contributed by atoms with E-state index < -0.39 is 0 Å². The summed E-state index contributed by atoms with van der Waals surface area (Å²) in [5.74, 6) is 0.127. The van der Waals surface area contributed by atoms with Crippen LogP contribution in [0, 0.1) is 11.3 Å². The molecule has 1 fully saturated rings. The van der Waals surface area contributed by atoms with Gasteiger partial charge in [-0.25, -0.2) is 0 Å². The molecule has 0 radical (unpaired) electrons. The van der Waals surface area contributed by atoms with Gasteiger partial charge in [0.25, 0.3) is 0 Å². The number of piperidine rings is 1. The molecule has 1 aromatic rings. The number of hydrogen-bond donors (Lipinski definition) is 2. The molecule has 2 N–H and O–H groups in total. The van der Waals surface area contributed by atoms with Crippen LogP contribution in [-0.4, -0.2) is 36.2 Å². The zero-order valence-electron chi connectivity index (χ0n) is 12.3. The average molecular weight is 273 g/mol. The Labute approximate surface area is 121 Å². The molecular weight excluding hydrogens is 250 g/mol. The van der Waals surface area contributed by atoms with Gasteiger partial charge < -0.3 is 15.3 Å². The molecule has 1 aliphatic heterocycles. The average Bonchev–Trinajstić information content (AvgIpc) is 2.47. The molecule has 4 nitrogen and oxygen atoms in total. The third-order valence-corrected chi connectivity index (χ3v) is 4.13.